The molecule has 2 nitrogen and oxygen atoms in total. The van der Waals surface area contributed by atoms with E-state index in [-0.39, 0.29) is 0 Å². The van der Waals surface area contributed by atoms with Gasteiger partial charge < -0.3 is 10.4 Å². The highest BCUT2D eigenvalue weighted by atomic mass is 16.3. The summed E-state index contributed by atoms with van der Waals surface area (Å²) >= 11 is 0. The van der Waals surface area contributed by atoms with Crippen LogP contribution in [0.3, 0.4) is 0 Å². The van der Waals surface area contributed by atoms with Crippen LogP contribution >= 0.6 is 0 Å². The van der Waals surface area contributed by atoms with E-state index in [9.17, 15) is 0 Å². The smallest absolute Gasteiger partial charge is 0.0584 e. The van der Waals surface area contributed by atoms with E-state index in [0.29, 0.717) is 12.6 Å². The summed E-state index contributed by atoms with van der Waals surface area (Å²) in [5.74, 6) is 1.92. The van der Waals surface area contributed by atoms with Crippen LogP contribution in [0.1, 0.15) is 39.0 Å². The van der Waals surface area contributed by atoms with Crippen LogP contribution in [0.15, 0.2) is 0 Å². The van der Waals surface area contributed by atoms with Crippen LogP contribution in [0, 0.1) is 11.8 Å². The van der Waals surface area contributed by atoms with Crippen LogP contribution in [-0.2, 0) is 0 Å². The van der Waals surface area contributed by atoms with Crippen LogP contribution in [0.5, 0.6) is 0 Å². The van der Waals surface area contributed by atoms with E-state index in [1.165, 1.54) is 25.7 Å². The fourth-order valence-electron chi connectivity index (χ4n) is 3.05. The van der Waals surface area contributed by atoms with Crippen molar-refractivity contribution in [1.29, 1.82) is 0 Å². The third kappa shape index (κ3) is 1.89. The van der Waals surface area contributed by atoms with Crippen molar-refractivity contribution in [3.63, 3.8) is 0 Å². The second-order valence-corrected chi connectivity index (χ2v) is 4.74. The second-order valence-electron chi connectivity index (χ2n) is 4.74. The summed E-state index contributed by atoms with van der Waals surface area (Å²) < 4.78 is 0. The van der Waals surface area contributed by atoms with Crippen molar-refractivity contribution in [2.45, 2.75) is 51.1 Å². The standard InChI is InChI=1S/C11H21NO/c1-2-10(7-13)12-11-6-8-3-4-9(11)5-8/h8-13H,2-7H2,1H3/t8-,9-,10+,11-/m1/s1. The molecule has 0 unspecified atom stereocenters. The number of nitrogens with one attached hydrogen (secondary N) is 1. The van der Waals surface area contributed by atoms with Gasteiger partial charge in [-0.3, -0.25) is 0 Å². The topological polar surface area (TPSA) is 32.3 Å². The molecule has 0 spiro atoms. The Morgan fingerprint density at radius 3 is 2.69 bits per heavy atom. The first kappa shape index (κ1) is 9.47. The van der Waals surface area contributed by atoms with Gasteiger partial charge in [0.15, 0.2) is 0 Å². The Morgan fingerprint density at radius 1 is 1.38 bits per heavy atom. The Kier molecular flexibility index (Phi) is 2.89. The molecule has 0 aromatic carbocycles. The summed E-state index contributed by atoms with van der Waals surface area (Å²) in [7, 11) is 0. The molecule has 13 heavy (non-hydrogen) atoms. The molecule has 0 aromatic rings. The van der Waals surface area contributed by atoms with E-state index in [0.717, 1.165) is 24.3 Å². The van der Waals surface area contributed by atoms with Gasteiger partial charge in [-0.05, 0) is 37.5 Å². The number of hydrogen-bond donors (Lipinski definition) is 2. The molecule has 2 rings (SSSR count). The van der Waals surface area contributed by atoms with Gasteiger partial charge in [0.2, 0.25) is 0 Å². The first-order valence-electron chi connectivity index (χ1n) is 5.70. The third-order valence-corrected chi connectivity index (χ3v) is 3.90. The molecule has 2 bridgehead atoms. The minimum atomic E-state index is 0.296. The van der Waals surface area contributed by atoms with E-state index in [4.69, 9.17) is 5.11 Å². The Morgan fingerprint density at radius 2 is 2.23 bits per heavy atom. The highest BCUT2D eigenvalue weighted by Gasteiger charge is 2.39. The third-order valence-electron chi connectivity index (χ3n) is 3.90. The minimum Gasteiger partial charge on any atom is -0.395 e. The Balaban J connectivity index is 1.82. The van der Waals surface area contributed by atoms with Crippen molar-refractivity contribution in [2.75, 3.05) is 6.61 Å². The predicted octanol–water partition coefficient (Wildman–Crippen LogP) is 1.54. The molecule has 2 N–H and O–H groups in total. The van der Waals surface area contributed by atoms with Gasteiger partial charge in [-0.2, -0.15) is 0 Å². The van der Waals surface area contributed by atoms with E-state index in [2.05, 4.69) is 12.2 Å². The van der Waals surface area contributed by atoms with Gasteiger partial charge in [-0.15, -0.1) is 0 Å². The molecular formula is C11H21NO. The highest BCUT2D eigenvalue weighted by Crippen LogP contribution is 2.44. The summed E-state index contributed by atoms with van der Waals surface area (Å²) in [6.45, 7) is 2.44. The van der Waals surface area contributed by atoms with Crippen molar-refractivity contribution in [3.8, 4) is 0 Å². The zero-order chi connectivity index (χ0) is 9.26. The Bertz CT molecular complexity index is 167. The zero-order valence-electron chi connectivity index (χ0n) is 8.50. The maximum Gasteiger partial charge on any atom is 0.0584 e. The molecule has 2 fully saturated rings. The summed E-state index contributed by atoms with van der Waals surface area (Å²) in [6, 6.07) is 1.06. The van der Waals surface area contributed by atoms with E-state index >= 15 is 0 Å². The number of hydrogen-bond acceptors (Lipinski definition) is 2. The van der Waals surface area contributed by atoms with Crippen molar-refractivity contribution in [3.05, 3.63) is 0 Å². The Hall–Kier alpha value is -0.0800. The first-order chi connectivity index (χ1) is 6.33. The summed E-state index contributed by atoms with van der Waals surface area (Å²) in [6.07, 6.45) is 6.73. The number of fused-ring (bicyclic) bond motifs is 2. The molecular weight excluding hydrogens is 162 g/mol. The maximum absolute atomic E-state index is 9.09. The van der Waals surface area contributed by atoms with Gasteiger partial charge in [-0.1, -0.05) is 13.3 Å². The lowest BCUT2D eigenvalue weighted by Gasteiger charge is -2.27. The lowest BCUT2D eigenvalue weighted by atomic mass is 9.94. The summed E-state index contributed by atoms with van der Waals surface area (Å²) in [5, 5.41) is 12.7. The lowest BCUT2D eigenvalue weighted by Crippen LogP contribution is -2.42. The number of aliphatic hydroxyl groups excluding tert-OH is 1. The molecule has 0 amide bonds. The molecule has 0 aromatic heterocycles. The van der Waals surface area contributed by atoms with Crippen LogP contribution in [0.25, 0.3) is 0 Å². The average Bonchev–Trinajstić information content (AvgIpc) is 2.75. The molecule has 76 valence electrons. The van der Waals surface area contributed by atoms with E-state index < -0.39 is 0 Å². The van der Waals surface area contributed by atoms with Gasteiger partial charge in [-0.25, -0.2) is 0 Å². The fourth-order valence-corrected chi connectivity index (χ4v) is 3.05. The van der Waals surface area contributed by atoms with Crippen LogP contribution in [0.2, 0.25) is 0 Å². The zero-order valence-corrected chi connectivity index (χ0v) is 8.50. The van der Waals surface area contributed by atoms with Gasteiger partial charge >= 0.3 is 0 Å². The molecule has 2 heteroatoms. The van der Waals surface area contributed by atoms with E-state index in [1.807, 2.05) is 0 Å². The van der Waals surface area contributed by atoms with E-state index in [1.54, 1.807) is 0 Å². The molecule has 4 atom stereocenters. The van der Waals surface area contributed by atoms with Crippen molar-refractivity contribution in [2.24, 2.45) is 11.8 Å². The fraction of sp³-hybridized carbons (Fsp3) is 1.00. The highest BCUT2D eigenvalue weighted by molar-refractivity contribution is 4.95. The maximum atomic E-state index is 9.09. The average molecular weight is 183 g/mol. The van der Waals surface area contributed by atoms with Crippen molar-refractivity contribution >= 4 is 0 Å². The minimum absolute atomic E-state index is 0.296. The van der Waals surface area contributed by atoms with Gasteiger partial charge in [0.05, 0.1) is 6.61 Å². The van der Waals surface area contributed by atoms with Crippen molar-refractivity contribution < 1.29 is 5.11 Å². The van der Waals surface area contributed by atoms with Gasteiger partial charge in [0, 0.05) is 12.1 Å². The van der Waals surface area contributed by atoms with Crippen LogP contribution < -0.4 is 5.32 Å². The quantitative estimate of drug-likeness (QED) is 0.693. The largest absolute Gasteiger partial charge is 0.395 e. The molecule has 0 saturated heterocycles. The molecule has 0 radical (unpaired) electrons. The molecule has 0 aliphatic heterocycles. The number of aliphatic hydroxyl groups is 1. The van der Waals surface area contributed by atoms with Crippen LogP contribution in [0.4, 0.5) is 0 Å². The molecule has 0 heterocycles. The molecule has 2 aliphatic carbocycles. The summed E-state index contributed by atoms with van der Waals surface area (Å²) in [5.41, 5.74) is 0. The molecule has 2 saturated carbocycles. The Labute approximate surface area is 80.7 Å². The monoisotopic (exact) mass is 183 g/mol. The SMILES string of the molecule is CC[C@@H](CO)N[C@@H]1C[C@@H]2CC[C@@H]1C2. The van der Waals surface area contributed by atoms with Gasteiger partial charge in [0.25, 0.3) is 0 Å². The number of rotatable bonds is 4. The van der Waals surface area contributed by atoms with Crippen LogP contribution in [-0.4, -0.2) is 23.8 Å². The van der Waals surface area contributed by atoms with Crippen molar-refractivity contribution in [1.82, 2.24) is 5.32 Å². The molecule has 2 aliphatic rings. The first-order valence-corrected chi connectivity index (χ1v) is 5.70. The predicted molar refractivity (Wildman–Crippen MR) is 53.5 cm³/mol. The van der Waals surface area contributed by atoms with Gasteiger partial charge in [0.1, 0.15) is 0 Å². The summed E-state index contributed by atoms with van der Waals surface area (Å²) in [4.78, 5) is 0. The normalized spacial score (nSPS) is 39.7. The lowest BCUT2D eigenvalue weighted by molar-refractivity contribution is 0.210. The second kappa shape index (κ2) is 3.97.